The van der Waals surface area contributed by atoms with Crippen molar-refractivity contribution in [2.45, 2.75) is 10.7 Å². The Kier molecular flexibility index (Phi) is 1.85. The first-order chi connectivity index (χ1) is 6.12. The third kappa shape index (κ3) is 1.56. The predicted octanol–water partition coefficient (Wildman–Crippen LogP) is -0.739. The third-order valence-corrected chi connectivity index (χ3v) is 2.55. The molecule has 1 saturated heterocycles. The van der Waals surface area contributed by atoms with Crippen LogP contribution in [0.25, 0.3) is 0 Å². The molecule has 1 fully saturated rings. The number of rotatable bonds is 2. The molecular weight excluding hydrogens is 192 g/mol. The van der Waals surface area contributed by atoms with E-state index >= 15 is 0 Å². The van der Waals surface area contributed by atoms with Crippen molar-refractivity contribution in [2.24, 2.45) is 5.73 Å². The van der Waals surface area contributed by atoms with Crippen LogP contribution in [0.1, 0.15) is 5.56 Å². The Hall–Kier alpha value is -0.950. The van der Waals surface area contributed by atoms with Gasteiger partial charge in [-0.1, -0.05) is 12.1 Å². The number of benzene rings is 1. The molecule has 0 aromatic heterocycles. The minimum atomic E-state index is -2.53. The van der Waals surface area contributed by atoms with Gasteiger partial charge in [0, 0.05) is 5.56 Å². The molecule has 1 aliphatic rings. The van der Waals surface area contributed by atoms with E-state index in [9.17, 15) is 8.42 Å². The molecule has 1 aliphatic heterocycles. The van der Waals surface area contributed by atoms with Crippen molar-refractivity contribution in [3.63, 3.8) is 0 Å². The highest BCUT2D eigenvalue weighted by atomic mass is 32.2. The number of thiol groups is 1. The van der Waals surface area contributed by atoms with E-state index in [1.165, 1.54) is 12.1 Å². The molecule has 70 valence electrons. The first-order valence-electron chi connectivity index (χ1n) is 3.61. The lowest BCUT2D eigenvalue weighted by molar-refractivity contribution is 0.301. The van der Waals surface area contributed by atoms with Gasteiger partial charge in [0.15, 0.2) is 10.7 Å². The van der Waals surface area contributed by atoms with Crippen molar-refractivity contribution in [1.29, 1.82) is 0 Å². The SMILES string of the molecule is NC1(c2ccc([SH](=O)=O)cc2)NO1. The van der Waals surface area contributed by atoms with Crippen LogP contribution in [-0.2, 0) is 21.4 Å². The number of hydrogen-bond donors (Lipinski definition) is 3. The maximum atomic E-state index is 10.5. The van der Waals surface area contributed by atoms with E-state index in [4.69, 9.17) is 10.6 Å². The lowest BCUT2D eigenvalue weighted by Gasteiger charge is -2.01. The first-order valence-corrected chi connectivity index (χ1v) is 4.78. The van der Waals surface area contributed by atoms with Gasteiger partial charge in [0.2, 0.25) is 5.85 Å². The van der Waals surface area contributed by atoms with E-state index in [1.807, 2.05) is 0 Å². The fourth-order valence-electron chi connectivity index (χ4n) is 1.00. The zero-order valence-corrected chi connectivity index (χ0v) is 7.45. The van der Waals surface area contributed by atoms with E-state index in [0.29, 0.717) is 5.56 Å². The Morgan fingerprint density at radius 1 is 1.31 bits per heavy atom. The van der Waals surface area contributed by atoms with E-state index in [-0.39, 0.29) is 4.90 Å². The van der Waals surface area contributed by atoms with Gasteiger partial charge in [-0.05, 0) is 12.1 Å². The van der Waals surface area contributed by atoms with Gasteiger partial charge in [-0.3, -0.25) is 10.6 Å². The molecule has 1 aromatic rings. The van der Waals surface area contributed by atoms with Gasteiger partial charge in [0.1, 0.15) is 0 Å². The molecule has 0 aliphatic carbocycles. The number of nitrogens with two attached hydrogens (primary N) is 1. The van der Waals surface area contributed by atoms with E-state index < -0.39 is 16.6 Å². The minimum Gasteiger partial charge on any atom is -0.284 e. The summed E-state index contributed by atoms with van der Waals surface area (Å²) in [5, 5.41) is 0. The summed E-state index contributed by atoms with van der Waals surface area (Å²) < 4.78 is 21.1. The van der Waals surface area contributed by atoms with Crippen molar-refractivity contribution in [3.05, 3.63) is 29.8 Å². The molecule has 0 saturated carbocycles. The topological polar surface area (TPSA) is 94.6 Å². The molecule has 2 rings (SSSR count). The highest BCUT2D eigenvalue weighted by Crippen LogP contribution is 2.26. The quantitative estimate of drug-likeness (QED) is 0.432. The van der Waals surface area contributed by atoms with Crippen LogP contribution >= 0.6 is 0 Å². The lowest BCUT2D eigenvalue weighted by atomic mass is 10.2. The summed E-state index contributed by atoms with van der Waals surface area (Å²) in [6.07, 6.45) is 0. The average molecular weight is 200 g/mol. The Morgan fingerprint density at radius 3 is 2.23 bits per heavy atom. The fraction of sp³-hybridized carbons (Fsp3) is 0.143. The van der Waals surface area contributed by atoms with Crippen LogP contribution < -0.4 is 11.2 Å². The zero-order valence-electron chi connectivity index (χ0n) is 6.56. The second kappa shape index (κ2) is 2.78. The molecule has 13 heavy (non-hydrogen) atoms. The molecule has 1 heterocycles. The van der Waals surface area contributed by atoms with Crippen molar-refractivity contribution < 1.29 is 13.3 Å². The molecule has 1 aromatic carbocycles. The van der Waals surface area contributed by atoms with Crippen LogP contribution in [-0.4, -0.2) is 8.42 Å². The number of hydroxylamine groups is 1. The molecule has 0 radical (unpaired) electrons. The van der Waals surface area contributed by atoms with Gasteiger partial charge in [0.25, 0.3) is 0 Å². The van der Waals surface area contributed by atoms with E-state index in [2.05, 4.69) is 5.48 Å². The molecule has 6 heteroatoms. The van der Waals surface area contributed by atoms with Gasteiger partial charge in [0.05, 0.1) is 4.90 Å². The monoisotopic (exact) mass is 200 g/mol. The normalized spacial score (nSPS) is 26.3. The lowest BCUT2D eigenvalue weighted by Crippen LogP contribution is -2.24. The highest BCUT2D eigenvalue weighted by Gasteiger charge is 2.42. The summed E-state index contributed by atoms with van der Waals surface area (Å²) in [6, 6.07) is 6.19. The Bertz CT molecular complexity index is 387. The first kappa shape index (κ1) is 8.64. The van der Waals surface area contributed by atoms with Crippen LogP contribution in [0.4, 0.5) is 0 Å². The van der Waals surface area contributed by atoms with Crippen LogP contribution in [0.2, 0.25) is 0 Å². The van der Waals surface area contributed by atoms with Crippen molar-refractivity contribution >= 4 is 10.7 Å². The molecule has 5 nitrogen and oxygen atoms in total. The second-order valence-electron chi connectivity index (χ2n) is 2.74. The zero-order chi connectivity index (χ0) is 9.47. The van der Waals surface area contributed by atoms with E-state index in [1.54, 1.807) is 12.1 Å². The Labute approximate surface area is 76.4 Å². The molecule has 0 amide bonds. The molecule has 0 bridgehead atoms. The standard InChI is InChI=1S/C7H8N2O3S/c8-7(9-12-7)5-1-3-6(4-2-5)13(10)11/h1-4,9,13H,8H2. The van der Waals surface area contributed by atoms with Crippen molar-refractivity contribution in [1.82, 2.24) is 5.48 Å². The summed E-state index contributed by atoms with van der Waals surface area (Å²) in [5.41, 5.74) is 8.81. The molecule has 3 N–H and O–H groups in total. The predicted molar refractivity (Wildman–Crippen MR) is 45.1 cm³/mol. The van der Waals surface area contributed by atoms with Gasteiger partial charge in [-0.2, -0.15) is 0 Å². The van der Waals surface area contributed by atoms with Gasteiger partial charge in [-0.25, -0.2) is 8.42 Å². The largest absolute Gasteiger partial charge is 0.284 e. The maximum absolute atomic E-state index is 10.5. The summed E-state index contributed by atoms with van der Waals surface area (Å²) in [7, 11) is -2.53. The van der Waals surface area contributed by atoms with Gasteiger partial charge in [-0.15, -0.1) is 5.48 Å². The number of hydrogen-bond acceptors (Lipinski definition) is 5. The average Bonchev–Trinajstić information content (AvgIpc) is 2.85. The van der Waals surface area contributed by atoms with Gasteiger partial charge < -0.3 is 0 Å². The Balaban J connectivity index is 2.34. The van der Waals surface area contributed by atoms with Gasteiger partial charge >= 0.3 is 0 Å². The maximum Gasteiger partial charge on any atom is 0.239 e. The third-order valence-electron chi connectivity index (χ3n) is 1.83. The van der Waals surface area contributed by atoms with Crippen molar-refractivity contribution in [2.75, 3.05) is 0 Å². The number of nitrogens with one attached hydrogen (secondary N) is 1. The molecule has 0 spiro atoms. The summed E-state index contributed by atoms with van der Waals surface area (Å²) in [6.45, 7) is 0. The fourth-order valence-corrected chi connectivity index (χ4v) is 1.40. The minimum absolute atomic E-state index is 0.267. The molecular formula is C7H8N2O3S. The summed E-state index contributed by atoms with van der Waals surface area (Å²) in [4.78, 5) is 5.03. The van der Waals surface area contributed by atoms with Crippen LogP contribution in [0.3, 0.4) is 0 Å². The smallest absolute Gasteiger partial charge is 0.239 e. The Morgan fingerprint density at radius 2 is 1.85 bits per heavy atom. The van der Waals surface area contributed by atoms with Crippen LogP contribution in [0.15, 0.2) is 29.2 Å². The van der Waals surface area contributed by atoms with Crippen LogP contribution in [0, 0.1) is 0 Å². The highest BCUT2D eigenvalue weighted by molar-refractivity contribution is 7.72. The second-order valence-corrected chi connectivity index (χ2v) is 3.77. The molecule has 1 unspecified atom stereocenters. The van der Waals surface area contributed by atoms with E-state index in [0.717, 1.165) is 0 Å². The van der Waals surface area contributed by atoms with Crippen molar-refractivity contribution in [3.8, 4) is 0 Å². The molecule has 1 atom stereocenters. The summed E-state index contributed by atoms with van der Waals surface area (Å²) in [5.74, 6) is -0.924. The van der Waals surface area contributed by atoms with Crippen LogP contribution in [0.5, 0.6) is 0 Å². The summed E-state index contributed by atoms with van der Waals surface area (Å²) >= 11 is 0.